The topological polar surface area (TPSA) is 127 Å². The van der Waals surface area contributed by atoms with Gasteiger partial charge in [0, 0.05) is 0 Å². The van der Waals surface area contributed by atoms with Crippen molar-refractivity contribution in [1.82, 2.24) is 0 Å². The van der Waals surface area contributed by atoms with Crippen LogP contribution in [0.3, 0.4) is 0 Å². The molecule has 0 bridgehead atoms. The molecule has 0 amide bonds. The van der Waals surface area contributed by atoms with Crippen molar-refractivity contribution < 1.29 is 20.1 Å². The molecule has 0 spiro atoms. The van der Waals surface area contributed by atoms with Crippen LogP contribution in [0.25, 0.3) is 0 Å². The maximum absolute atomic E-state index is 10.7. The minimum atomic E-state index is -2.72. The van der Waals surface area contributed by atoms with Gasteiger partial charge in [0.2, 0.25) is 0 Å². The van der Waals surface area contributed by atoms with E-state index in [2.05, 4.69) is 15.9 Å². The SMILES string of the molecule is O=[N+]([O-])C(Br)(CC(O)C(O)c1ccccc1)[N+](=O)[O-]. The quantitative estimate of drug-likeness (QED) is 0.263. The van der Waals surface area contributed by atoms with Gasteiger partial charge < -0.3 is 10.2 Å². The molecule has 1 aromatic rings. The van der Waals surface area contributed by atoms with Gasteiger partial charge in [0.05, 0.1) is 22.0 Å². The first kappa shape index (κ1) is 15.5. The van der Waals surface area contributed by atoms with Crippen molar-refractivity contribution in [3.05, 3.63) is 56.1 Å². The van der Waals surface area contributed by atoms with Crippen LogP contribution in [0.1, 0.15) is 18.1 Å². The average Bonchev–Trinajstić information content (AvgIpc) is 2.38. The van der Waals surface area contributed by atoms with E-state index in [0.29, 0.717) is 5.56 Å². The van der Waals surface area contributed by atoms with Crippen LogP contribution in [-0.2, 0) is 0 Å². The smallest absolute Gasteiger partial charge is 0.389 e. The Bertz CT molecular complexity index is 454. The molecule has 0 saturated carbocycles. The van der Waals surface area contributed by atoms with Gasteiger partial charge in [0.25, 0.3) is 0 Å². The summed E-state index contributed by atoms with van der Waals surface area (Å²) in [6.07, 6.45) is -3.97. The third-order valence-corrected chi connectivity index (χ3v) is 3.44. The Morgan fingerprint density at radius 3 is 2.05 bits per heavy atom. The van der Waals surface area contributed by atoms with E-state index in [-0.39, 0.29) is 0 Å². The van der Waals surface area contributed by atoms with E-state index < -0.39 is 33.0 Å². The third kappa shape index (κ3) is 3.46. The first-order valence-electron chi connectivity index (χ1n) is 5.18. The van der Waals surface area contributed by atoms with Crippen molar-refractivity contribution in [3.63, 3.8) is 0 Å². The van der Waals surface area contributed by atoms with Gasteiger partial charge in [-0.05, 0) is 5.56 Å². The highest BCUT2D eigenvalue weighted by atomic mass is 79.9. The maximum atomic E-state index is 10.7. The summed E-state index contributed by atoms with van der Waals surface area (Å²) >= 11 is 2.39. The zero-order valence-electron chi connectivity index (χ0n) is 9.55. The predicted octanol–water partition coefficient (Wildman–Crippen LogP) is 1.07. The Morgan fingerprint density at radius 2 is 1.63 bits per heavy atom. The van der Waals surface area contributed by atoms with E-state index in [1.54, 1.807) is 18.2 Å². The Morgan fingerprint density at radius 1 is 1.16 bits per heavy atom. The number of halogens is 1. The number of nitro groups is 2. The summed E-state index contributed by atoms with van der Waals surface area (Å²) < 4.78 is -2.72. The molecular weight excluding hydrogens is 324 g/mol. The van der Waals surface area contributed by atoms with Gasteiger partial charge in [0.15, 0.2) is 0 Å². The molecule has 0 aliphatic rings. The fourth-order valence-corrected chi connectivity index (χ4v) is 1.80. The number of alkyl halides is 1. The minimum absolute atomic E-state index is 0.316. The standard InChI is InChI=1S/C10H11BrN2O6/c11-10(12(16)17,13(18)19)6-8(14)9(15)7-4-2-1-3-5-7/h1-5,8-9,14-15H,6H2. The van der Waals surface area contributed by atoms with Gasteiger partial charge in [-0.1, -0.05) is 30.3 Å². The molecule has 8 nitrogen and oxygen atoms in total. The molecule has 1 rings (SSSR count). The predicted molar refractivity (Wildman–Crippen MR) is 67.7 cm³/mol. The van der Waals surface area contributed by atoms with E-state index in [1.807, 2.05) is 0 Å². The number of aliphatic hydroxyl groups excluding tert-OH is 2. The number of benzene rings is 1. The molecule has 19 heavy (non-hydrogen) atoms. The number of hydrogen-bond acceptors (Lipinski definition) is 6. The second-order valence-electron chi connectivity index (χ2n) is 3.86. The van der Waals surface area contributed by atoms with Gasteiger partial charge in [-0.15, -0.1) is 0 Å². The lowest BCUT2D eigenvalue weighted by Crippen LogP contribution is -2.44. The fourth-order valence-electron chi connectivity index (χ4n) is 1.47. The highest BCUT2D eigenvalue weighted by Gasteiger charge is 2.55. The van der Waals surface area contributed by atoms with Crippen molar-refractivity contribution in [2.45, 2.75) is 23.2 Å². The summed E-state index contributed by atoms with van der Waals surface area (Å²) in [5, 5.41) is 40.9. The number of rotatable bonds is 6. The van der Waals surface area contributed by atoms with Crippen LogP contribution in [0.2, 0.25) is 0 Å². The first-order chi connectivity index (χ1) is 8.79. The lowest BCUT2D eigenvalue weighted by molar-refractivity contribution is -0.760. The molecule has 0 aliphatic heterocycles. The normalized spacial score (nSPS) is 14.7. The maximum Gasteiger partial charge on any atom is 0.513 e. The van der Waals surface area contributed by atoms with Crippen LogP contribution >= 0.6 is 15.9 Å². The molecule has 9 heteroatoms. The highest BCUT2D eigenvalue weighted by molar-refractivity contribution is 9.09. The van der Waals surface area contributed by atoms with E-state index in [0.717, 1.165) is 0 Å². The van der Waals surface area contributed by atoms with Crippen molar-refractivity contribution in [2.75, 3.05) is 0 Å². The summed E-state index contributed by atoms with van der Waals surface area (Å²) in [4.78, 5) is 19.0. The Balaban J connectivity index is 2.87. The number of nitrogens with zero attached hydrogens (tertiary/aromatic N) is 2. The second-order valence-corrected chi connectivity index (χ2v) is 5.13. The van der Waals surface area contributed by atoms with Gasteiger partial charge in [-0.2, -0.15) is 0 Å². The lowest BCUT2D eigenvalue weighted by atomic mass is 10.0. The van der Waals surface area contributed by atoms with E-state index in [1.165, 1.54) is 12.1 Å². The molecular formula is C10H11BrN2O6. The Hall–Kier alpha value is -1.58. The zero-order chi connectivity index (χ0) is 14.6. The Labute approximate surface area is 116 Å². The molecule has 1 aromatic carbocycles. The van der Waals surface area contributed by atoms with Crippen LogP contribution in [-0.4, -0.2) is 30.7 Å². The second kappa shape index (κ2) is 6.04. The molecule has 0 heterocycles. The lowest BCUT2D eigenvalue weighted by Gasteiger charge is -2.19. The van der Waals surface area contributed by atoms with Crippen LogP contribution in [0.5, 0.6) is 0 Å². The van der Waals surface area contributed by atoms with E-state index >= 15 is 0 Å². The number of aliphatic hydroxyl groups is 2. The van der Waals surface area contributed by atoms with E-state index in [4.69, 9.17) is 0 Å². The minimum Gasteiger partial charge on any atom is -0.389 e. The average molecular weight is 335 g/mol. The van der Waals surface area contributed by atoms with Crippen LogP contribution in [0.15, 0.2) is 30.3 Å². The van der Waals surface area contributed by atoms with E-state index in [9.17, 15) is 30.4 Å². The molecule has 0 aliphatic carbocycles. The van der Waals surface area contributed by atoms with Crippen LogP contribution in [0, 0.1) is 20.2 Å². The zero-order valence-corrected chi connectivity index (χ0v) is 11.1. The van der Waals surface area contributed by atoms with Crippen molar-refractivity contribution in [2.24, 2.45) is 0 Å². The first-order valence-corrected chi connectivity index (χ1v) is 5.97. The van der Waals surface area contributed by atoms with Gasteiger partial charge >= 0.3 is 4.57 Å². The Kier molecular flexibility index (Phi) is 4.92. The molecule has 2 atom stereocenters. The van der Waals surface area contributed by atoms with Gasteiger partial charge in [-0.25, -0.2) is 0 Å². The monoisotopic (exact) mass is 334 g/mol. The molecule has 2 unspecified atom stereocenters. The van der Waals surface area contributed by atoms with Crippen molar-refractivity contribution in [3.8, 4) is 0 Å². The van der Waals surface area contributed by atoms with Gasteiger partial charge in [-0.3, -0.25) is 20.2 Å². The molecule has 0 radical (unpaired) electrons. The highest BCUT2D eigenvalue weighted by Crippen LogP contribution is 2.30. The summed E-state index contributed by atoms with van der Waals surface area (Å²) in [7, 11) is 0. The van der Waals surface area contributed by atoms with Crippen molar-refractivity contribution >= 4 is 15.9 Å². The van der Waals surface area contributed by atoms with Gasteiger partial charge in [0.1, 0.15) is 22.4 Å². The summed E-state index contributed by atoms with van der Waals surface area (Å²) in [6.45, 7) is 0. The summed E-state index contributed by atoms with van der Waals surface area (Å²) in [6, 6.07) is 7.90. The molecule has 2 N–H and O–H groups in total. The molecule has 104 valence electrons. The largest absolute Gasteiger partial charge is 0.513 e. The summed E-state index contributed by atoms with van der Waals surface area (Å²) in [5.41, 5.74) is 0.316. The third-order valence-electron chi connectivity index (χ3n) is 2.53. The summed E-state index contributed by atoms with van der Waals surface area (Å²) in [5.74, 6) is 0. The number of hydrogen-bond donors (Lipinski definition) is 2. The molecule has 0 fully saturated rings. The molecule has 0 saturated heterocycles. The van der Waals surface area contributed by atoms with Crippen molar-refractivity contribution in [1.29, 1.82) is 0 Å². The molecule has 0 aromatic heterocycles. The van der Waals surface area contributed by atoms with Crippen LogP contribution < -0.4 is 0 Å². The fraction of sp³-hybridized carbons (Fsp3) is 0.400. The van der Waals surface area contributed by atoms with Crippen LogP contribution in [0.4, 0.5) is 0 Å².